The third kappa shape index (κ3) is 4.97. The number of nitrogens with one attached hydrogen (secondary N) is 2. The average Bonchev–Trinajstić information content (AvgIpc) is 2.15. The lowest BCUT2D eigenvalue weighted by atomic mass is 9.95. The van der Waals surface area contributed by atoms with Crippen molar-refractivity contribution in [1.29, 1.82) is 0 Å². The van der Waals surface area contributed by atoms with Crippen molar-refractivity contribution in [2.75, 3.05) is 6.54 Å². The molecule has 84 valence electrons. The second-order valence-electron chi connectivity index (χ2n) is 4.97. The van der Waals surface area contributed by atoms with Crippen molar-refractivity contribution in [3.63, 3.8) is 0 Å². The van der Waals surface area contributed by atoms with Gasteiger partial charge in [0.25, 0.3) is 0 Å². The van der Waals surface area contributed by atoms with E-state index in [1.165, 1.54) is 32.1 Å². The summed E-state index contributed by atoms with van der Waals surface area (Å²) in [6, 6.07) is 1.98. The normalized spacial score (nSPS) is 21.4. The van der Waals surface area contributed by atoms with Crippen LogP contribution in [0.15, 0.2) is 0 Å². The molecule has 0 spiro atoms. The van der Waals surface area contributed by atoms with E-state index in [-0.39, 0.29) is 0 Å². The van der Waals surface area contributed by atoms with Crippen LogP contribution in [0.2, 0.25) is 0 Å². The minimum Gasteiger partial charge on any atom is -0.312 e. The fraction of sp³-hybridized carbons (Fsp3) is 1.00. The van der Waals surface area contributed by atoms with Crippen LogP contribution in [0.5, 0.6) is 0 Å². The molecule has 0 aromatic heterocycles. The highest BCUT2D eigenvalue weighted by molar-refractivity contribution is 4.75. The highest BCUT2D eigenvalue weighted by Crippen LogP contribution is 2.17. The Hall–Kier alpha value is -0.0800. The van der Waals surface area contributed by atoms with Crippen molar-refractivity contribution in [1.82, 2.24) is 10.6 Å². The van der Waals surface area contributed by atoms with Gasteiger partial charge in [-0.15, -0.1) is 0 Å². The van der Waals surface area contributed by atoms with Gasteiger partial charge in [-0.25, -0.2) is 0 Å². The highest BCUT2D eigenvalue weighted by Gasteiger charge is 2.13. The van der Waals surface area contributed by atoms with Gasteiger partial charge in [-0.3, -0.25) is 0 Å². The topological polar surface area (TPSA) is 24.1 Å². The van der Waals surface area contributed by atoms with Gasteiger partial charge in [0.2, 0.25) is 0 Å². The Labute approximate surface area is 88.8 Å². The molecule has 1 atom stereocenters. The first kappa shape index (κ1) is 12.0. The molecule has 14 heavy (non-hydrogen) atoms. The highest BCUT2D eigenvalue weighted by atomic mass is 15.0. The van der Waals surface area contributed by atoms with Crippen LogP contribution in [-0.4, -0.2) is 24.7 Å². The Bertz CT molecular complexity index is 139. The molecule has 0 radical (unpaired) electrons. The van der Waals surface area contributed by atoms with Gasteiger partial charge in [-0.1, -0.05) is 33.1 Å². The first-order chi connectivity index (χ1) is 6.68. The van der Waals surface area contributed by atoms with E-state index in [0.29, 0.717) is 12.1 Å². The maximum absolute atomic E-state index is 3.66. The molecular weight excluding hydrogens is 172 g/mol. The standard InChI is InChI=1S/C12H26N2/c1-10(2)14-11(3)9-13-12-7-5-4-6-8-12/h10-14H,4-9H2,1-3H3. The van der Waals surface area contributed by atoms with Crippen LogP contribution in [0, 0.1) is 0 Å². The quantitative estimate of drug-likeness (QED) is 0.708. The lowest BCUT2D eigenvalue weighted by Gasteiger charge is -2.25. The molecule has 0 heterocycles. The smallest absolute Gasteiger partial charge is 0.0166 e. The van der Waals surface area contributed by atoms with Gasteiger partial charge >= 0.3 is 0 Å². The van der Waals surface area contributed by atoms with Crippen molar-refractivity contribution >= 4 is 0 Å². The lowest BCUT2D eigenvalue weighted by Crippen LogP contribution is -2.43. The summed E-state index contributed by atoms with van der Waals surface area (Å²) in [4.78, 5) is 0. The number of hydrogen-bond donors (Lipinski definition) is 2. The molecule has 0 aromatic rings. The maximum atomic E-state index is 3.66. The Morgan fingerprint density at radius 1 is 1.07 bits per heavy atom. The molecule has 1 unspecified atom stereocenters. The monoisotopic (exact) mass is 198 g/mol. The second kappa shape index (κ2) is 6.41. The van der Waals surface area contributed by atoms with Crippen molar-refractivity contribution < 1.29 is 0 Å². The zero-order valence-electron chi connectivity index (χ0n) is 9.97. The summed E-state index contributed by atoms with van der Waals surface area (Å²) in [6.45, 7) is 7.78. The Balaban J connectivity index is 2.06. The molecule has 2 nitrogen and oxygen atoms in total. The van der Waals surface area contributed by atoms with Gasteiger partial charge in [-0.2, -0.15) is 0 Å². The summed E-state index contributed by atoms with van der Waals surface area (Å²) in [5.41, 5.74) is 0. The van der Waals surface area contributed by atoms with Crippen molar-refractivity contribution in [2.24, 2.45) is 0 Å². The first-order valence-electron chi connectivity index (χ1n) is 6.18. The maximum Gasteiger partial charge on any atom is 0.0166 e. The van der Waals surface area contributed by atoms with Crippen LogP contribution in [0.1, 0.15) is 52.9 Å². The van der Waals surface area contributed by atoms with Crippen molar-refractivity contribution in [2.45, 2.75) is 71.0 Å². The molecule has 1 aliphatic rings. The molecular formula is C12H26N2. The van der Waals surface area contributed by atoms with E-state index in [1.54, 1.807) is 0 Å². The summed E-state index contributed by atoms with van der Waals surface area (Å²) in [6.07, 6.45) is 7.05. The lowest BCUT2D eigenvalue weighted by molar-refractivity contribution is 0.351. The predicted octanol–water partition coefficient (Wildman–Crippen LogP) is 2.30. The van der Waals surface area contributed by atoms with Crippen LogP contribution in [0.3, 0.4) is 0 Å². The molecule has 0 saturated heterocycles. The summed E-state index contributed by atoms with van der Waals surface area (Å²) in [5.74, 6) is 0. The molecule has 1 rings (SSSR count). The van der Waals surface area contributed by atoms with Crippen LogP contribution in [0.4, 0.5) is 0 Å². The first-order valence-corrected chi connectivity index (χ1v) is 6.18. The Morgan fingerprint density at radius 3 is 2.29 bits per heavy atom. The minimum absolute atomic E-state index is 0.594. The minimum atomic E-state index is 0.594. The van der Waals surface area contributed by atoms with Crippen LogP contribution in [0.25, 0.3) is 0 Å². The third-order valence-corrected chi connectivity index (χ3v) is 2.94. The average molecular weight is 198 g/mol. The molecule has 0 aliphatic heterocycles. The van der Waals surface area contributed by atoms with Crippen LogP contribution >= 0.6 is 0 Å². The van der Waals surface area contributed by atoms with Gasteiger partial charge in [0.15, 0.2) is 0 Å². The molecule has 1 fully saturated rings. The van der Waals surface area contributed by atoms with Crippen LogP contribution < -0.4 is 10.6 Å². The van der Waals surface area contributed by atoms with E-state index in [9.17, 15) is 0 Å². The summed E-state index contributed by atoms with van der Waals surface area (Å²) >= 11 is 0. The third-order valence-electron chi connectivity index (χ3n) is 2.94. The number of rotatable bonds is 5. The zero-order valence-corrected chi connectivity index (χ0v) is 9.97. The van der Waals surface area contributed by atoms with Crippen LogP contribution in [-0.2, 0) is 0 Å². The van der Waals surface area contributed by atoms with Gasteiger partial charge in [0.1, 0.15) is 0 Å². The van der Waals surface area contributed by atoms with Crippen molar-refractivity contribution in [3.8, 4) is 0 Å². The largest absolute Gasteiger partial charge is 0.312 e. The second-order valence-corrected chi connectivity index (χ2v) is 4.97. The predicted molar refractivity (Wildman–Crippen MR) is 62.6 cm³/mol. The summed E-state index contributed by atoms with van der Waals surface area (Å²) < 4.78 is 0. The molecule has 1 saturated carbocycles. The fourth-order valence-electron chi connectivity index (χ4n) is 2.28. The summed E-state index contributed by atoms with van der Waals surface area (Å²) in [5, 5.41) is 7.18. The van der Waals surface area contributed by atoms with Gasteiger partial charge < -0.3 is 10.6 Å². The Morgan fingerprint density at radius 2 is 1.71 bits per heavy atom. The van der Waals surface area contributed by atoms with E-state index >= 15 is 0 Å². The molecule has 0 bridgehead atoms. The van der Waals surface area contributed by atoms with Gasteiger partial charge in [0, 0.05) is 24.7 Å². The van der Waals surface area contributed by atoms with E-state index in [1.807, 2.05) is 0 Å². The van der Waals surface area contributed by atoms with E-state index < -0.39 is 0 Å². The zero-order chi connectivity index (χ0) is 10.4. The van der Waals surface area contributed by atoms with E-state index in [0.717, 1.165) is 12.6 Å². The molecule has 1 aliphatic carbocycles. The van der Waals surface area contributed by atoms with Gasteiger partial charge in [0.05, 0.1) is 0 Å². The van der Waals surface area contributed by atoms with E-state index in [2.05, 4.69) is 31.4 Å². The number of hydrogen-bond acceptors (Lipinski definition) is 2. The molecule has 0 aromatic carbocycles. The van der Waals surface area contributed by atoms with Gasteiger partial charge in [-0.05, 0) is 19.8 Å². The SMILES string of the molecule is CC(C)NC(C)CNC1CCCCC1. The summed E-state index contributed by atoms with van der Waals surface area (Å²) in [7, 11) is 0. The molecule has 2 heteroatoms. The molecule has 2 N–H and O–H groups in total. The fourth-order valence-corrected chi connectivity index (χ4v) is 2.28. The van der Waals surface area contributed by atoms with Crippen molar-refractivity contribution in [3.05, 3.63) is 0 Å². The van der Waals surface area contributed by atoms with E-state index in [4.69, 9.17) is 0 Å². The Kier molecular flexibility index (Phi) is 5.49. The molecule has 0 amide bonds.